The van der Waals surface area contributed by atoms with Gasteiger partial charge in [0.15, 0.2) is 5.96 Å². The summed E-state index contributed by atoms with van der Waals surface area (Å²) in [6, 6.07) is 10.3. The molecule has 124 valence electrons. The van der Waals surface area contributed by atoms with Crippen LogP contribution in [0.1, 0.15) is 44.3 Å². The molecule has 0 spiro atoms. The van der Waals surface area contributed by atoms with Crippen molar-refractivity contribution in [1.29, 1.82) is 0 Å². The molecule has 1 aliphatic heterocycles. The van der Waals surface area contributed by atoms with E-state index in [-0.39, 0.29) is 30.1 Å². The van der Waals surface area contributed by atoms with Crippen LogP contribution in [0, 0.1) is 0 Å². The zero-order chi connectivity index (χ0) is 14.9. The molecule has 0 aliphatic carbocycles. The van der Waals surface area contributed by atoms with Crippen LogP contribution in [0.3, 0.4) is 0 Å². The molecule has 22 heavy (non-hydrogen) atoms. The van der Waals surface area contributed by atoms with Gasteiger partial charge in [0.1, 0.15) is 0 Å². The zero-order valence-corrected chi connectivity index (χ0v) is 15.7. The van der Waals surface area contributed by atoms with E-state index in [0.717, 1.165) is 26.1 Å². The maximum absolute atomic E-state index is 6.02. The van der Waals surface area contributed by atoms with Crippen molar-refractivity contribution in [2.75, 3.05) is 26.2 Å². The molecule has 2 N–H and O–H groups in total. The van der Waals surface area contributed by atoms with Crippen molar-refractivity contribution in [2.45, 2.75) is 38.7 Å². The fourth-order valence-electron chi connectivity index (χ4n) is 2.56. The quantitative estimate of drug-likeness (QED) is 0.333. The molecule has 1 aliphatic rings. The molecule has 0 saturated carbocycles. The number of halogens is 1. The summed E-state index contributed by atoms with van der Waals surface area (Å²) in [4.78, 5) is 6.65. The Hall–Kier alpha value is -0.820. The number of nitrogens with zero attached hydrogens (tertiary/aromatic N) is 2. The van der Waals surface area contributed by atoms with Gasteiger partial charge in [-0.25, -0.2) is 0 Å². The van der Waals surface area contributed by atoms with Crippen molar-refractivity contribution in [3.63, 3.8) is 0 Å². The number of rotatable bonds is 6. The summed E-state index contributed by atoms with van der Waals surface area (Å²) in [5, 5.41) is 0. The smallest absolute Gasteiger partial charge is 0.191 e. The van der Waals surface area contributed by atoms with E-state index in [1.807, 2.05) is 18.2 Å². The van der Waals surface area contributed by atoms with E-state index in [1.54, 1.807) is 0 Å². The summed E-state index contributed by atoms with van der Waals surface area (Å²) in [6.07, 6.45) is 4.82. The highest BCUT2D eigenvalue weighted by Gasteiger charge is 2.11. The van der Waals surface area contributed by atoms with Gasteiger partial charge in [-0.1, -0.05) is 30.3 Å². The van der Waals surface area contributed by atoms with Crippen LogP contribution in [0.4, 0.5) is 0 Å². The first kappa shape index (κ1) is 19.2. The Morgan fingerprint density at radius 2 is 1.91 bits per heavy atom. The first-order valence-electron chi connectivity index (χ1n) is 7.99. The third kappa shape index (κ3) is 6.52. The topological polar surface area (TPSA) is 50.9 Å². The Labute approximate surface area is 151 Å². The second kappa shape index (κ2) is 10.8. The predicted octanol–water partition coefficient (Wildman–Crippen LogP) is 3.57. The molecule has 1 aromatic rings. The van der Waals surface area contributed by atoms with E-state index in [9.17, 15) is 0 Å². The highest BCUT2D eigenvalue weighted by Crippen LogP contribution is 2.15. The third-order valence-corrected chi connectivity index (χ3v) is 3.89. The van der Waals surface area contributed by atoms with E-state index in [2.05, 4.69) is 28.9 Å². The van der Waals surface area contributed by atoms with Gasteiger partial charge in [-0.05, 0) is 38.2 Å². The van der Waals surface area contributed by atoms with Gasteiger partial charge in [0.2, 0.25) is 0 Å². The van der Waals surface area contributed by atoms with E-state index in [0.29, 0.717) is 12.6 Å². The molecule has 1 fully saturated rings. The van der Waals surface area contributed by atoms with Gasteiger partial charge < -0.3 is 15.4 Å². The molecular weight excluding hydrogens is 389 g/mol. The number of piperidine rings is 1. The lowest BCUT2D eigenvalue weighted by Crippen LogP contribution is -2.40. The highest BCUT2D eigenvalue weighted by atomic mass is 127. The van der Waals surface area contributed by atoms with Crippen LogP contribution in [0.5, 0.6) is 0 Å². The highest BCUT2D eigenvalue weighted by molar-refractivity contribution is 14.0. The molecule has 0 radical (unpaired) electrons. The van der Waals surface area contributed by atoms with E-state index in [1.165, 1.54) is 24.8 Å². The normalized spacial score (nSPS) is 17.0. The van der Waals surface area contributed by atoms with Crippen molar-refractivity contribution >= 4 is 29.9 Å². The molecule has 5 heteroatoms. The van der Waals surface area contributed by atoms with Crippen LogP contribution in [-0.4, -0.2) is 37.1 Å². The van der Waals surface area contributed by atoms with Crippen molar-refractivity contribution in [3.8, 4) is 0 Å². The zero-order valence-electron chi connectivity index (χ0n) is 13.4. The monoisotopic (exact) mass is 417 g/mol. The Balaban J connectivity index is 0.00000242. The Morgan fingerprint density at radius 1 is 1.23 bits per heavy atom. The lowest BCUT2D eigenvalue weighted by atomic mass is 10.1. The van der Waals surface area contributed by atoms with Crippen LogP contribution in [0.25, 0.3) is 0 Å². The molecule has 1 atom stereocenters. The average Bonchev–Trinajstić information content (AvgIpc) is 2.55. The Bertz CT molecular complexity index is 433. The number of aliphatic imine (C=N–C) groups is 1. The second-order valence-electron chi connectivity index (χ2n) is 5.56. The van der Waals surface area contributed by atoms with Gasteiger partial charge >= 0.3 is 0 Å². The lowest BCUT2D eigenvalue weighted by molar-refractivity contribution is 0.0651. The fraction of sp³-hybridized carbons (Fsp3) is 0.588. The van der Waals surface area contributed by atoms with Gasteiger partial charge in [0.25, 0.3) is 0 Å². The number of guanidine groups is 1. The minimum absolute atomic E-state index is 0. The number of nitrogens with two attached hydrogens (primary N) is 1. The Kier molecular flexibility index (Phi) is 9.47. The SMILES string of the molecule is CC(OCCCN=C(N)N1CCCCC1)c1ccccc1.I. The molecule has 1 aromatic carbocycles. The van der Waals surface area contributed by atoms with Gasteiger partial charge in [-0.2, -0.15) is 0 Å². The van der Waals surface area contributed by atoms with Crippen molar-refractivity contribution in [1.82, 2.24) is 4.90 Å². The summed E-state index contributed by atoms with van der Waals surface area (Å²) in [5.74, 6) is 0.700. The maximum atomic E-state index is 6.02. The summed E-state index contributed by atoms with van der Waals surface area (Å²) >= 11 is 0. The van der Waals surface area contributed by atoms with Crippen LogP contribution < -0.4 is 5.73 Å². The molecule has 2 rings (SSSR count). The molecule has 4 nitrogen and oxygen atoms in total. The first-order valence-corrected chi connectivity index (χ1v) is 7.99. The number of hydrogen-bond acceptors (Lipinski definition) is 2. The molecule has 0 bridgehead atoms. The van der Waals surface area contributed by atoms with E-state index >= 15 is 0 Å². The number of benzene rings is 1. The summed E-state index contributed by atoms with van der Waals surface area (Å²) in [5.41, 5.74) is 7.23. The average molecular weight is 417 g/mol. The summed E-state index contributed by atoms with van der Waals surface area (Å²) < 4.78 is 5.83. The molecule has 0 aromatic heterocycles. The van der Waals surface area contributed by atoms with Crippen LogP contribution in [0.2, 0.25) is 0 Å². The predicted molar refractivity (Wildman–Crippen MR) is 103 cm³/mol. The first-order chi connectivity index (χ1) is 10.3. The van der Waals surface area contributed by atoms with Gasteiger partial charge in [0, 0.05) is 26.2 Å². The summed E-state index contributed by atoms with van der Waals surface area (Å²) in [6.45, 7) is 5.64. The third-order valence-electron chi connectivity index (χ3n) is 3.89. The van der Waals surface area contributed by atoms with Crippen LogP contribution >= 0.6 is 24.0 Å². The largest absolute Gasteiger partial charge is 0.374 e. The molecule has 1 heterocycles. The Morgan fingerprint density at radius 3 is 2.59 bits per heavy atom. The van der Waals surface area contributed by atoms with Gasteiger partial charge in [-0.3, -0.25) is 4.99 Å². The second-order valence-corrected chi connectivity index (χ2v) is 5.56. The maximum Gasteiger partial charge on any atom is 0.191 e. The molecular formula is C17H28IN3O. The molecule has 1 saturated heterocycles. The minimum Gasteiger partial charge on any atom is -0.374 e. The number of ether oxygens (including phenoxy) is 1. The van der Waals surface area contributed by atoms with E-state index < -0.39 is 0 Å². The number of likely N-dealkylation sites (tertiary alicyclic amines) is 1. The minimum atomic E-state index is 0. The standard InChI is InChI=1S/C17H27N3O.HI/c1-15(16-9-4-2-5-10-16)21-14-8-11-19-17(18)20-12-6-3-7-13-20;/h2,4-5,9-10,15H,3,6-8,11-14H2,1H3,(H2,18,19);1H. The van der Waals surface area contributed by atoms with Crippen LogP contribution in [0.15, 0.2) is 35.3 Å². The fourth-order valence-corrected chi connectivity index (χ4v) is 2.56. The molecule has 1 unspecified atom stereocenters. The van der Waals surface area contributed by atoms with Crippen LogP contribution in [-0.2, 0) is 4.74 Å². The van der Waals surface area contributed by atoms with Gasteiger partial charge in [0.05, 0.1) is 6.10 Å². The van der Waals surface area contributed by atoms with Gasteiger partial charge in [-0.15, -0.1) is 24.0 Å². The lowest BCUT2D eigenvalue weighted by Gasteiger charge is -2.27. The van der Waals surface area contributed by atoms with Crippen molar-refractivity contribution in [2.24, 2.45) is 10.7 Å². The van der Waals surface area contributed by atoms with Crippen molar-refractivity contribution < 1.29 is 4.74 Å². The summed E-state index contributed by atoms with van der Waals surface area (Å²) in [7, 11) is 0. The number of hydrogen-bond donors (Lipinski definition) is 1. The van der Waals surface area contributed by atoms with E-state index in [4.69, 9.17) is 10.5 Å². The molecule has 0 amide bonds. The van der Waals surface area contributed by atoms with Crippen molar-refractivity contribution in [3.05, 3.63) is 35.9 Å².